The number of carbonyl (C=O) groups excluding carboxylic acids is 2. The van der Waals surface area contributed by atoms with Crippen molar-refractivity contribution >= 4 is 41.3 Å². The topological polar surface area (TPSA) is 79.2 Å². The number of nitrogens with one attached hydrogen (secondary N) is 1. The van der Waals surface area contributed by atoms with E-state index in [1.54, 1.807) is 48.5 Å². The highest BCUT2D eigenvalue weighted by atomic mass is 35.5. The molecule has 0 radical (unpaired) electrons. The van der Waals surface area contributed by atoms with Crippen LogP contribution in [0.4, 0.5) is 4.79 Å². The zero-order chi connectivity index (χ0) is 17.5. The Morgan fingerprint density at radius 2 is 1.83 bits per heavy atom. The Bertz CT molecular complexity index is 843. The lowest BCUT2D eigenvalue weighted by Crippen LogP contribution is -2.33. The van der Waals surface area contributed by atoms with Crippen LogP contribution < -0.4 is 10.1 Å². The third-order valence-electron chi connectivity index (χ3n) is 2.80. The maximum atomic E-state index is 12.0. The summed E-state index contributed by atoms with van der Waals surface area (Å²) in [7, 11) is 0. The summed E-state index contributed by atoms with van der Waals surface area (Å²) in [4.78, 5) is 23.7. The van der Waals surface area contributed by atoms with E-state index in [-0.39, 0.29) is 16.3 Å². The van der Waals surface area contributed by atoms with Gasteiger partial charge in [-0.05, 0) is 35.9 Å². The first-order chi connectivity index (χ1) is 11.5. The first kappa shape index (κ1) is 17.5. The minimum Gasteiger partial charge on any atom is -0.410 e. The van der Waals surface area contributed by atoms with E-state index < -0.39 is 12.0 Å². The number of benzene rings is 2. The molecule has 120 valence electrons. The van der Waals surface area contributed by atoms with Crippen LogP contribution in [0.2, 0.25) is 10.0 Å². The Labute approximate surface area is 148 Å². The zero-order valence-corrected chi connectivity index (χ0v) is 13.6. The summed E-state index contributed by atoms with van der Waals surface area (Å²) in [6.07, 6.45) is 0.263. The van der Waals surface area contributed by atoms with E-state index in [4.69, 9.17) is 33.2 Å². The standard InChI is InChI=1S/C17H10Cl2N2O3/c18-13-7-6-11(15(19)9-13)8-12(10-20)16(22)21-17(23)24-14-4-2-1-3-5-14/h1-9H,(H,21,22,23). The molecule has 0 spiro atoms. The van der Waals surface area contributed by atoms with E-state index in [1.807, 2.05) is 5.32 Å². The number of hydrogen-bond donors (Lipinski definition) is 1. The number of para-hydroxylation sites is 1. The molecule has 24 heavy (non-hydrogen) atoms. The smallest absolute Gasteiger partial charge is 0.410 e. The van der Waals surface area contributed by atoms with Crippen molar-refractivity contribution in [2.45, 2.75) is 0 Å². The van der Waals surface area contributed by atoms with Gasteiger partial charge in [0.25, 0.3) is 5.91 Å². The van der Waals surface area contributed by atoms with Crippen molar-refractivity contribution in [3.8, 4) is 11.8 Å². The number of amides is 2. The summed E-state index contributed by atoms with van der Waals surface area (Å²) < 4.78 is 4.92. The summed E-state index contributed by atoms with van der Waals surface area (Å²) in [6, 6.07) is 14.5. The lowest BCUT2D eigenvalue weighted by atomic mass is 10.1. The molecule has 1 N–H and O–H groups in total. The highest BCUT2D eigenvalue weighted by Crippen LogP contribution is 2.23. The van der Waals surface area contributed by atoms with Gasteiger partial charge in [-0.15, -0.1) is 0 Å². The largest absolute Gasteiger partial charge is 0.419 e. The predicted molar refractivity (Wildman–Crippen MR) is 90.7 cm³/mol. The number of nitrogens with zero attached hydrogens (tertiary/aromatic N) is 1. The van der Waals surface area contributed by atoms with Crippen molar-refractivity contribution < 1.29 is 14.3 Å². The van der Waals surface area contributed by atoms with E-state index in [1.165, 1.54) is 12.1 Å². The van der Waals surface area contributed by atoms with Gasteiger partial charge in [-0.3, -0.25) is 10.1 Å². The SMILES string of the molecule is N#CC(=Cc1ccc(Cl)cc1Cl)C(=O)NC(=O)Oc1ccccc1. The second-order valence-corrected chi connectivity index (χ2v) is 5.34. The molecule has 0 aliphatic carbocycles. The van der Waals surface area contributed by atoms with Gasteiger partial charge in [0.1, 0.15) is 17.4 Å². The fourth-order valence-corrected chi connectivity index (χ4v) is 2.17. The molecule has 2 amide bonds. The van der Waals surface area contributed by atoms with Gasteiger partial charge in [-0.2, -0.15) is 5.26 Å². The van der Waals surface area contributed by atoms with Gasteiger partial charge in [0.05, 0.1) is 0 Å². The van der Waals surface area contributed by atoms with Gasteiger partial charge in [-0.1, -0.05) is 47.5 Å². The molecule has 5 nitrogen and oxygen atoms in total. The molecule has 0 saturated heterocycles. The number of nitriles is 1. The highest BCUT2D eigenvalue weighted by Gasteiger charge is 2.15. The van der Waals surface area contributed by atoms with Gasteiger partial charge in [-0.25, -0.2) is 4.79 Å². The van der Waals surface area contributed by atoms with Gasteiger partial charge in [0.2, 0.25) is 0 Å². The number of rotatable bonds is 3. The van der Waals surface area contributed by atoms with Crippen LogP contribution in [-0.2, 0) is 4.79 Å². The summed E-state index contributed by atoms with van der Waals surface area (Å²) in [5.74, 6) is -0.629. The first-order valence-corrected chi connectivity index (χ1v) is 7.40. The molecular formula is C17H10Cl2N2O3. The van der Waals surface area contributed by atoms with Crippen LogP contribution in [0.25, 0.3) is 6.08 Å². The number of halogens is 2. The van der Waals surface area contributed by atoms with E-state index in [2.05, 4.69) is 0 Å². The minimum absolute atomic E-state index is 0.269. The molecule has 0 heterocycles. The monoisotopic (exact) mass is 360 g/mol. The van der Waals surface area contributed by atoms with Gasteiger partial charge in [0.15, 0.2) is 0 Å². The minimum atomic E-state index is -0.991. The lowest BCUT2D eigenvalue weighted by Gasteiger charge is -2.05. The van der Waals surface area contributed by atoms with Crippen molar-refractivity contribution in [2.75, 3.05) is 0 Å². The van der Waals surface area contributed by atoms with Crippen molar-refractivity contribution in [1.29, 1.82) is 5.26 Å². The van der Waals surface area contributed by atoms with Crippen LogP contribution in [0.15, 0.2) is 54.1 Å². The van der Waals surface area contributed by atoms with E-state index in [9.17, 15) is 9.59 Å². The predicted octanol–water partition coefficient (Wildman–Crippen LogP) is 4.22. The quantitative estimate of drug-likeness (QED) is 0.656. The molecule has 0 atom stereocenters. The van der Waals surface area contributed by atoms with Crippen LogP contribution in [0.3, 0.4) is 0 Å². The van der Waals surface area contributed by atoms with Gasteiger partial charge < -0.3 is 4.74 Å². The maximum absolute atomic E-state index is 12.0. The highest BCUT2D eigenvalue weighted by molar-refractivity contribution is 6.35. The van der Waals surface area contributed by atoms with Crippen molar-refractivity contribution in [3.05, 3.63) is 69.7 Å². The molecule has 0 aliphatic heterocycles. The Morgan fingerprint density at radius 1 is 1.12 bits per heavy atom. The Balaban J connectivity index is 2.10. The summed E-state index contributed by atoms with van der Waals surface area (Å²) in [5.41, 5.74) is 0.119. The molecule has 0 unspecified atom stereocenters. The molecule has 0 aliphatic rings. The van der Waals surface area contributed by atoms with E-state index >= 15 is 0 Å². The van der Waals surface area contributed by atoms with E-state index in [0.717, 1.165) is 0 Å². The molecule has 0 bridgehead atoms. The molecule has 2 aromatic rings. The van der Waals surface area contributed by atoms with Gasteiger partial charge >= 0.3 is 6.09 Å². The summed E-state index contributed by atoms with van der Waals surface area (Å²) >= 11 is 11.8. The third kappa shape index (κ3) is 4.85. The fraction of sp³-hybridized carbons (Fsp3) is 0. The molecule has 2 aromatic carbocycles. The average molecular weight is 361 g/mol. The molecule has 2 rings (SSSR count). The van der Waals surface area contributed by atoms with Crippen LogP contribution in [0, 0.1) is 11.3 Å². The molecule has 0 fully saturated rings. The van der Waals surface area contributed by atoms with Crippen molar-refractivity contribution in [3.63, 3.8) is 0 Å². The van der Waals surface area contributed by atoms with Gasteiger partial charge in [0, 0.05) is 10.0 Å². The maximum Gasteiger partial charge on any atom is 0.419 e. The zero-order valence-electron chi connectivity index (χ0n) is 12.1. The Morgan fingerprint density at radius 3 is 2.46 bits per heavy atom. The third-order valence-corrected chi connectivity index (χ3v) is 3.36. The normalized spacial score (nSPS) is 10.6. The fourth-order valence-electron chi connectivity index (χ4n) is 1.70. The first-order valence-electron chi connectivity index (χ1n) is 6.64. The van der Waals surface area contributed by atoms with Crippen LogP contribution >= 0.6 is 23.2 Å². The number of carbonyl (C=O) groups is 2. The Kier molecular flexibility index (Phi) is 5.96. The van der Waals surface area contributed by atoms with Crippen LogP contribution in [0.5, 0.6) is 5.75 Å². The molecular weight excluding hydrogens is 351 g/mol. The number of ether oxygens (including phenoxy) is 1. The van der Waals surface area contributed by atoms with Crippen LogP contribution in [-0.4, -0.2) is 12.0 Å². The second kappa shape index (κ2) is 8.16. The van der Waals surface area contributed by atoms with E-state index in [0.29, 0.717) is 10.6 Å². The average Bonchev–Trinajstić information content (AvgIpc) is 2.54. The molecule has 0 aromatic heterocycles. The lowest BCUT2D eigenvalue weighted by molar-refractivity contribution is -0.116. The number of hydrogen-bond acceptors (Lipinski definition) is 4. The van der Waals surface area contributed by atoms with Crippen molar-refractivity contribution in [2.24, 2.45) is 0 Å². The summed E-state index contributed by atoms with van der Waals surface area (Å²) in [5, 5.41) is 11.8. The molecule has 0 saturated carbocycles. The summed E-state index contributed by atoms with van der Waals surface area (Å²) in [6.45, 7) is 0. The molecule has 7 heteroatoms. The Hall–Kier alpha value is -2.81. The van der Waals surface area contributed by atoms with Crippen LogP contribution in [0.1, 0.15) is 5.56 Å². The van der Waals surface area contributed by atoms with Crippen molar-refractivity contribution in [1.82, 2.24) is 5.32 Å². The second-order valence-electron chi connectivity index (χ2n) is 4.49. The number of imide groups is 1.